The van der Waals surface area contributed by atoms with Crippen molar-refractivity contribution in [3.63, 3.8) is 0 Å². The molecule has 1 atom stereocenters. The second kappa shape index (κ2) is 8.85. The van der Waals surface area contributed by atoms with Crippen LogP contribution in [0.3, 0.4) is 0 Å². The van der Waals surface area contributed by atoms with E-state index in [9.17, 15) is 9.90 Å². The van der Waals surface area contributed by atoms with Crippen LogP contribution in [-0.4, -0.2) is 52.5 Å². The lowest BCUT2D eigenvalue weighted by Gasteiger charge is -2.35. The largest absolute Gasteiger partial charge is 0.471 e. The number of nitriles is 1. The molecule has 10 nitrogen and oxygen atoms in total. The number of rotatable bonds is 7. The van der Waals surface area contributed by atoms with Gasteiger partial charge in [-0.3, -0.25) is 9.63 Å². The van der Waals surface area contributed by atoms with E-state index >= 15 is 0 Å². The second-order valence-corrected chi connectivity index (χ2v) is 7.71. The summed E-state index contributed by atoms with van der Waals surface area (Å²) < 4.78 is 11.3. The van der Waals surface area contributed by atoms with Crippen LogP contribution in [0.1, 0.15) is 41.6 Å². The monoisotopic (exact) mass is 425 g/mol. The molecule has 0 bridgehead atoms. The van der Waals surface area contributed by atoms with Crippen LogP contribution >= 0.6 is 0 Å². The summed E-state index contributed by atoms with van der Waals surface area (Å²) >= 11 is 0. The number of hydrogen-bond acceptors (Lipinski definition) is 9. The highest BCUT2D eigenvalue weighted by molar-refractivity contribution is 6.00. The summed E-state index contributed by atoms with van der Waals surface area (Å²) in [6.45, 7) is 0.893. The van der Waals surface area contributed by atoms with Crippen LogP contribution in [0, 0.1) is 11.3 Å². The number of carbonyl (C=O) groups is 1. The fraction of sp³-hybridized carbons (Fsp3) is 0.429. The molecule has 1 saturated heterocycles. The number of hydroxylamine groups is 1. The third-order valence-corrected chi connectivity index (χ3v) is 5.34. The van der Waals surface area contributed by atoms with Crippen molar-refractivity contribution in [3.05, 3.63) is 35.4 Å². The molecule has 1 aliphatic heterocycles. The zero-order valence-electron chi connectivity index (χ0n) is 16.8. The Morgan fingerprint density at radius 2 is 2.26 bits per heavy atom. The molecule has 10 heteroatoms. The Kier molecular flexibility index (Phi) is 5.99. The molecule has 1 aromatic heterocycles. The van der Waals surface area contributed by atoms with E-state index in [1.54, 1.807) is 24.3 Å². The zero-order valence-corrected chi connectivity index (χ0v) is 16.8. The minimum absolute atomic E-state index is 0.00353. The molecule has 0 unspecified atom stereocenters. The number of carbonyl (C=O) groups excluding carboxylic acids is 1. The van der Waals surface area contributed by atoms with Gasteiger partial charge < -0.3 is 20.3 Å². The Labute approximate surface area is 178 Å². The van der Waals surface area contributed by atoms with Crippen LogP contribution in [0.2, 0.25) is 0 Å². The van der Waals surface area contributed by atoms with E-state index in [0.29, 0.717) is 43.6 Å². The van der Waals surface area contributed by atoms with Crippen LogP contribution in [0.4, 0.5) is 5.82 Å². The molecule has 2 fully saturated rings. The van der Waals surface area contributed by atoms with Crippen molar-refractivity contribution in [2.24, 2.45) is 0 Å². The van der Waals surface area contributed by atoms with Gasteiger partial charge in [-0.1, -0.05) is 12.1 Å². The Morgan fingerprint density at radius 3 is 2.94 bits per heavy atom. The molecular formula is C21H23N5O5. The molecule has 31 heavy (non-hydrogen) atoms. The van der Waals surface area contributed by atoms with Crippen molar-refractivity contribution in [1.82, 2.24) is 15.4 Å². The zero-order chi connectivity index (χ0) is 21.8. The number of aromatic nitrogens is 2. The summed E-state index contributed by atoms with van der Waals surface area (Å²) in [4.78, 5) is 26.6. The van der Waals surface area contributed by atoms with Crippen LogP contribution in [-0.2, 0) is 9.57 Å². The Bertz CT molecular complexity index is 1010. The van der Waals surface area contributed by atoms with E-state index in [2.05, 4.69) is 21.5 Å². The minimum atomic E-state index is -0.911. The van der Waals surface area contributed by atoms with Gasteiger partial charge in [0.1, 0.15) is 24.1 Å². The number of anilines is 1. The van der Waals surface area contributed by atoms with Gasteiger partial charge in [0.2, 0.25) is 5.88 Å². The van der Waals surface area contributed by atoms with Gasteiger partial charge in [-0.15, -0.1) is 0 Å². The molecule has 2 aromatic rings. The maximum absolute atomic E-state index is 12.8. The number of nitrogens with zero attached hydrogens (tertiary/aromatic N) is 3. The molecule has 1 saturated carbocycles. The van der Waals surface area contributed by atoms with Crippen molar-refractivity contribution in [2.45, 2.75) is 37.4 Å². The summed E-state index contributed by atoms with van der Waals surface area (Å²) in [5.41, 5.74) is 8.43. The van der Waals surface area contributed by atoms with Crippen LogP contribution < -0.4 is 16.0 Å². The van der Waals surface area contributed by atoms with Crippen LogP contribution in [0.25, 0.3) is 11.4 Å². The second-order valence-electron chi connectivity index (χ2n) is 7.71. The van der Waals surface area contributed by atoms with Gasteiger partial charge in [0.05, 0.1) is 30.4 Å². The van der Waals surface area contributed by atoms with Gasteiger partial charge in [0.25, 0.3) is 5.91 Å². The van der Waals surface area contributed by atoms with E-state index in [-0.39, 0.29) is 35.8 Å². The van der Waals surface area contributed by atoms with Gasteiger partial charge in [-0.25, -0.2) is 10.5 Å². The minimum Gasteiger partial charge on any atom is -0.471 e. The first-order valence-electron chi connectivity index (χ1n) is 10.0. The van der Waals surface area contributed by atoms with E-state index in [4.69, 9.17) is 25.3 Å². The fourth-order valence-corrected chi connectivity index (χ4v) is 3.39. The van der Waals surface area contributed by atoms with E-state index in [1.807, 2.05) is 0 Å². The lowest BCUT2D eigenvalue weighted by atomic mass is 9.81. The summed E-state index contributed by atoms with van der Waals surface area (Å²) in [7, 11) is 0. The smallest absolute Gasteiger partial charge is 0.284 e. The van der Waals surface area contributed by atoms with Crippen molar-refractivity contribution >= 4 is 11.7 Å². The number of amides is 1. The average molecular weight is 425 g/mol. The molecule has 1 aliphatic carbocycles. The maximum atomic E-state index is 12.8. The molecule has 2 heterocycles. The molecule has 1 amide bonds. The first kappa shape index (κ1) is 21.0. The number of nitrogen functional groups attached to an aromatic ring is 1. The van der Waals surface area contributed by atoms with Gasteiger partial charge in [-0.2, -0.15) is 10.2 Å². The van der Waals surface area contributed by atoms with Crippen LogP contribution in [0.15, 0.2) is 24.3 Å². The highest BCUT2D eigenvalue weighted by atomic mass is 16.7. The highest BCUT2D eigenvalue weighted by Gasteiger charge is 2.35. The van der Waals surface area contributed by atoms with Crippen LogP contribution in [0.5, 0.6) is 5.88 Å². The van der Waals surface area contributed by atoms with E-state index in [1.165, 1.54) is 0 Å². The summed E-state index contributed by atoms with van der Waals surface area (Å²) in [5, 5.41) is 19.3. The van der Waals surface area contributed by atoms with E-state index in [0.717, 1.165) is 6.42 Å². The molecule has 4 N–H and O–H groups in total. The standard InChI is InChI=1S/C21H23N5O5/c22-10-13-3-1-4-14(9-13)18-24-17(23)16(20(25-18)31-15-5-8-29-11-15)19(27)26-30-12-21(28)6-2-7-21/h1,3-4,9,15,28H,2,5-8,11-12H2,(H,26,27)(H2,23,24,25)/t15-/m0/s1. The summed E-state index contributed by atoms with van der Waals surface area (Å²) in [5.74, 6) is -0.537. The van der Waals surface area contributed by atoms with Gasteiger partial charge in [0, 0.05) is 12.0 Å². The first-order valence-corrected chi connectivity index (χ1v) is 10.0. The SMILES string of the molecule is N#Cc1cccc(-c2nc(N)c(C(=O)NOCC3(O)CCC3)c(O[C@H]3CCOC3)n2)c1. The molecule has 0 spiro atoms. The third-order valence-electron chi connectivity index (χ3n) is 5.34. The lowest BCUT2D eigenvalue weighted by Crippen LogP contribution is -2.44. The number of nitrogens with two attached hydrogens (primary N) is 1. The van der Waals surface area contributed by atoms with Crippen molar-refractivity contribution in [1.29, 1.82) is 5.26 Å². The number of aliphatic hydroxyl groups is 1. The van der Waals surface area contributed by atoms with Crippen molar-refractivity contribution < 1.29 is 24.2 Å². The average Bonchev–Trinajstić information content (AvgIpc) is 3.25. The van der Waals surface area contributed by atoms with Crippen molar-refractivity contribution in [3.8, 4) is 23.3 Å². The number of nitrogens with one attached hydrogen (secondary N) is 1. The van der Waals surface area contributed by atoms with Gasteiger partial charge >= 0.3 is 0 Å². The van der Waals surface area contributed by atoms with Gasteiger partial charge in [-0.05, 0) is 31.4 Å². The molecule has 4 rings (SSSR count). The fourth-order valence-electron chi connectivity index (χ4n) is 3.39. The Balaban J connectivity index is 1.60. The summed E-state index contributed by atoms with van der Waals surface area (Å²) in [6.07, 6.45) is 2.54. The number of hydrogen-bond donors (Lipinski definition) is 3. The lowest BCUT2D eigenvalue weighted by molar-refractivity contribution is -0.113. The first-order chi connectivity index (χ1) is 15.0. The van der Waals surface area contributed by atoms with Gasteiger partial charge in [0.15, 0.2) is 5.82 Å². The molecule has 162 valence electrons. The molecule has 2 aliphatic rings. The number of ether oxygens (including phenoxy) is 2. The highest BCUT2D eigenvalue weighted by Crippen LogP contribution is 2.32. The third kappa shape index (κ3) is 4.74. The predicted molar refractivity (Wildman–Crippen MR) is 109 cm³/mol. The molecule has 1 aromatic carbocycles. The number of benzene rings is 1. The Morgan fingerprint density at radius 1 is 1.42 bits per heavy atom. The topological polar surface area (TPSA) is 153 Å². The Hall–Kier alpha value is -3.26. The predicted octanol–water partition coefficient (Wildman–Crippen LogP) is 1.34. The quantitative estimate of drug-likeness (QED) is 0.558. The van der Waals surface area contributed by atoms with Crippen molar-refractivity contribution in [2.75, 3.05) is 25.6 Å². The normalized spacial score (nSPS) is 19.3. The maximum Gasteiger partial charge on any atom is 0.284 e. The summed E-state index contributed by atoms with van der Waals surface area (Å²) in [6, 6.07) is 8.79. The molecule has 0 radical (unpaired) electrons. The van der Waals surface area contributed by atoms with E-state index < -0.39 is 11.5 Å². The molecular weight excluding hydrogens is 402 g/mol.